The molecule has 0 bridgehead atoms. The lowest BCUT2D eigenvalue weighted by Gasteiger charge is -2.33. The van der Waals surface area contributed by atoms with Crippen LogP contribution >= 0.6 is 0 Å². The summed E-state index contributed by atoms with van der Waals surface area (Å²) in [6.45, 7) is 12.9. The van der Waals surface area contributed by atoms with Gasteiger partial charge in [0.15, 0.2) is 0 Å². The Bertz CT molecular complexity index is 1840. The quantitative estimate of drug-likeness (QED) is 0.205. The normalized spacial score (nSPS) is 27.8. The van der Waals surface area contributed by atoms with Crippen LogP contribution in [0.25, 0.3) is 10.9 Å². The zero-order chi connectivity index (χ0) is 42.4. The van der Waals surface area contributed by atoms with Gasteiger partial charge in [0.1, 0.15) is 42.3 Å². The summed E-state index contributed by atoms with van der Waals surface area (Å²) in [4.78, 5) is 105. The van der Waals surface area contributed by atoms with Crippen LogP contribution in [0.1, 0.15) is 92.6 Å². The standard InChI is InChI=1S/C42H62N8O8/c1-22(2)18-29-36(52)44-31(20-26-21-43-28-13-9-8-12-27(26)28)38(54)47-34(24(5)6)41(57)49-16-10-14-32(49)39(55)46-30(19-23(3)4)37(53)48-35(25(7)51)42(58)50-17-11-15-33(50)40(56)45-29/h8-9,12-13,21-25,29-35,43,51H,10-11,14-20H2,1-7H3,(H,44,52)(H,45,56)(H,46,55)(H,47,54)(H,48,53)/t25-,29+,30+,31+,32+,33+,34+,35+/m1/s1. The molecule has 16 nitrogen and oxygen atoms in total. The van der Waals surface area contributed by atoms with Gasteiger partial charge in [0.2, 0.25) is 41.4 Å². The molecule has 2 aromatic rings. The second-order valence-corrected chi connectivity index (χ2v) is 17.3. The number of nitrogens with zero attached hydrogens (tertiary/aromatic N) is 2. The number of para-hydroxylation sites is 1. The number of amides is 7. The predicted molar refractivity (Wildman–Crippen MR) is 217 cm³/mol. The summed E-state index contributed by atoms with van der Waals surface area (Å²) in [6, 6.07) is -0.249. The number of aromatic nitrogens is 1. The van der Waals surface area contributed by atoms with Gasteiger partial charge < -0.3 is 46.5 Å². The third-order valence-corrected chi connectivity index (χ3v) is 11.4. The van der Waals surface area contributed by atoms with E-state index in [9.17, 15) is 38.7 Å². The number of nitrogens with one attached hydrogen (secondary N) is 6. The van der Waals surface area contributed by atoms with E-state index < -0.39 is 95.7 Å². The van der Waals surface area contributed by atoms with Gasteiger partial charge >= 0.3 is 0 Å². The monoisotopic (exact) mass is 806 g/mol. The summed E-state index contributed by atoms with van der Waals surface area (Å²) in [5.41, 5.74) is 1.59. The fourth-order valence-corrected chi connectivity index (χ4v) is 8.32. The summed E-state index contributed by atoms with van der Waals surface area (Å²) >= 11 is 0. The first kappa shape index (κ1) is 44.1. The second-order valence-electron chi connectivity index (χ2n) is 17.3. The number of aromatic amines is 1. The van der Waals surface area contributed by atoms with E-state index in [1.54, 1.807) is 20.0 Å². The van der Waals surface area contributed by atoms with Gasteiger partial charge in [-0.2, -0.15) is 0 Å². The molecule has 7 N–H and O–H groups in total. The molecular weight excluding hydrogens is 745 g/mol. The lowest BCUT2D eigenvalue weighted by molar-refractivity contribution is -0.145. The molecule has 0 aliphatic carbocycles. The van der Waals surface area contributed by atoms with Crippen LogP contribution in [0, 0.1) is 17.8 Å². The summed E-state index contributed by atoms with van der Waals surface area (Å²) in [6.07, 6.45) is 2.49. The summed E-state index contributed by atoms with van der Waals surface area (Å²) in [5.74, 6) is -4.73. The van der Waals surface area contributed by atoms with Crippen LogP contribution in [-0.4, -0.2) is 123 Å². The molecule has 0 radical (unpaired) electrons. The number of hydrogen-bond acceptors (Lipinski definition) is 8. The van der Waals surface area contributed by atoms with Gasteiger partial charge in [-0.15, -0.1) is 0 Å². The molecule has 0 spiro atoms. The fourth-order valence-electron chi connectivity index (χ4n) is 8.32. The predicted octanol–water partition coefficient (Wildman–Crippen LogP) is 1.26. The van der Waals surface area contributed by atoms with Crippen LogP contribution in [0.15, 0.2) is 30.5 Å². The van der Waals surface area contributed by atoms with Crippen molar-refractivity contribution in [2.24, 2.45) is 17.8 Å². The van der Waals surface area contributed by atoms with Crippen molar-refractivity contribution < 1.29 is 38.7 Å². The van der Waals surface area contributed by atoms with E-state index in [2.05, 4.69) is 31.6 Å². The molecule has 1 aromatic carbocycles. The lowest BCUT2D eigenvalue weighted by atomic mass is 9.98. The van der Waals surface area contributed by atoms with E-state index in [-0.39, 0.29) is 50.6 Å². The highest BCUT2D eigenvalue weighted by Crippen LogP contribution is 2.24. The average molecular weight is 807 g/mol. The molecule has 3 aliphatic rings. The molecule has 0 unspecified atom stereocenters. The third-order valence-electron chi connectivity index (χ3n) is 11.4. The number of hydrogen-bond donors (Lipinski definition) is 7. The molecule has 7 amide bonds. The first-order valence-corrected chi connectivity index (χ1v) is 20.8. The van der Waals surface area contributed by atoms with E-state index in [0.717, 1.165) is 16.5 Å². The van der Waals surface area contributed by atoms with Crippen LogP contribution in [0.3, 0.4) is 0 Å². The Hall–Kier alpha value is -4.99. The lowest BCUT2D eigenvalue weighted by Crippen LogP contribution is -2.61. The summed E-state index contributed by atoms with van der Waals surface area (Å²) in [7, 11) is 0. The van der Waals surface area contributed by atoms with Crippen molar-refractivity contribution in [1.29, 1.82) is 0 Å². The fraction of sp³-hybridized carbons (Fsp3) is 0.643. The highest BCUT2D eigenvalue weighted by Gasteiger charge is 2.44. The summed E-state index contributed by atoms with van der Waals surface area (Å²) in [5, 5.41) is 25.8. The maximum atomic E-state index is 14.4. The average Bonchev–Trinajstić information content (AvgIpc) is 3.94. The zero-order valence-electron chi connectivity index (χ0n) is 34.8. The molecule has 16 heteroatoms. The Labute approximate surface area is 340 Å². The Morgan fingerprint density at radius 3 is 1.60 bits per heavy atom. The van der Waals surface area contributed by atoms with Crippen molar-refractivity contribution >= 4 is 52.3 Å². The van der Waals surface area contributed by atoms with Crippen molar-refractivity contribution in [3.8, 4) is 0 Å². The topological polar surface area (TPSA) is 222 Å². The van der Waals surface area contributed by atoms with Crippen molar-refractivity contribution in [3.05, 3.63) is 36.0 Å². The van der Waals surface area contributed by atoms with Crippen LogP contribution in [0.5, 0.6) is 0 Å². The minimum absolute atomic E-state index is 0.0571. The zero-order valence-corrected chi connectivity index (χ0v) is 34.8. The molecule has 4 heterocycles. The van der Waals surface area contributed by atoms with Crippen LogP contribution in [-0.2, 0) is 40.0 Å². The molecule has 3 aliphatic heterocycles. The Balaban J connectivity index is 1.56. The number of rotatable bonds is 8. The van der Waals surface area contributed by atoms with Gasteiger partial charge in [-0.05, 0) is 74.8 Å². The number of benzene rings is 1. The van der Waals surface area contributed by atoms with Gasteiger partial charge in [0, 0.05) is 36.6 Å². The van der Waals surface area contributed by atoms with Crippen LogP contribution in [0.2, 0.25) is 0 Å². The molecular formula is C42H62N8O8. The van der Waals surface area contributed by atoms with E-state index in [1.807, 2.05) is 52.0 Å². The highest BCUT2D eigenvalue weighted by molar-refractivity contribution is 5.99. The molecule has 318 valence electrons. The first-order chi connectivity index (χ1) is 27.5. The first-order valence-electron chi connectivity index (χ1n) is 20.8. The van der Waals surface area contributed by atoms with Crippen LogP contribution in [0.4, 0.5) is 0 Å². The molecule has 3 fully saturated rings. The van der Waals surface area contributed by atoms with Crippen molar-refractivity contribution in [2.75, 3.05) is 13.1 Å². The van der Waals surface area contributed by atoms with E-state index >= 15 is 0 Å². The van der Waals surface area contributed by atoms with Crippen LogP contribution < -0.4 is 26.6 Å². The number of carbonyl (C=O) groups excluding carboxylic acids is 7. The minimum Gasteiger partial charge on any atom is -0.391 e. The Morgan fingerprint density at radius 2 is 1.09 bits per heavy atom. The van der Waals surface area contributed by atoms with Gasteiger partial charge in [0.05, 0.1) is 6.10 Å². The Morgan fingerprint density at radius 1 is 0.621 bits per heavy atom. The maximum absolute atomic E-state index is 14.4. The third kappa shape index (κ3) is 10.4. The van der Waals surface area contributed by atoms with Gasteiger partial charge in [0.25, 0.3) is 0 Å². The van der Waals surface area contributed by atoms with E-state index in [1.165, 1.54) is 16.7 Å². The number of aliphatic hydroxyl groups is 1. The van der Waals surface area contributed by atoms with E-state index in [0.29, 0.717) is 19.3 Å². The molecule has 3 saturated heterocycles. The summed E-state index contributed by atoms with van der Waals surface area (Å²) < 4.78 is 0. The SMILES string of the molecule is CC(C)C[C@@H]1NC(=O)[C@@H]2CCCN2C(=O)[C@H](C(C)C)NC(=O)[C@H](Cc2c[nH]c3ccccc23)NC(=O)[C@H](CC(C)C)NC(=O)[C@@H]2CCCN2C(=O)[C@H]([C@@H](C)O)NC1=O. The van der Waals surface area contributed by atoms with E-state index in [4.69, 9.17) is 0 Å². The van der Waals surface area contributed by atoms with Crippen molar-refractivity contribution in [3.63, 3.8) is 0 Å². The minimum atomic E-state index is -1.44. The van der Waals surface area contributed by atoms with Gasteiger partial charge in [-0.3, -0.25) is 33.6 Å². The van der Waals surface area contributed by atoms with Gasteiger partial charge in [-0.1, -0.05) is 59.7 Å². The number of aliphatic hydroxyl groups excluding tert-OH is 1. The Kier molecular flexibility index (Phi) is 14.6. The largest absolute Gasteiger partial charge is 0.391 e. The molecule has 0 saturated carbocycles. The molecule has 1 aromatic heterocycles. The number of H-pyrrole nitrogens is 1. The van der Waals surface area contributed by atoms with Crippen molar-refractivity contribution in [1.82, 2.24) is 41.4 Å². The molecule has 5 rings (SSSR count). The highest BCUT2D eigenvalue weighted by atomic mass is 16.3. The molecule has 8 atom stereocenters. The van der Waals surface area contributed by atoms with Gasteiger partial charge in [-0.25, -0.2) is 0 Å². The number of carbonyl (C=O) groups is 7. The van der Waals surface area contributed by atoms with Crippen molar-refractivity contribution in [2.45, 2.75) is 142 Å². The second kappa shape index (κ2) is 19.2. The smallest absolute Gasteiger partial charge is 0.248 e. The number of fused-ring (bicyclic) bond motifs is 3. The molecule has 58 heavy (non-hydrogen) atoms. The maximum Gasteiger partial charge on any atom is 0.248 e.